The highest BCUT2D eigenvalue weighted by Gasteiger charge is 2.05. The van der Waals surface area contributed by atoms with Crippen molar-refractivity contribution < 1.29 is 4.79 Å². The van der Waals surface area contributed by atoms with Crippen LogP contribution in [0, 0.1) is 0 Å². The Labute approximate surface area is 98.6 Å². The van der Waals surface area contributed by atoms with Crippen LogP contribution in [-0.2, 0) is 0 Å². The van der Waals surface area contributed by atoms with Crippen LogP contribution in [0.1, 0.15) is 10.4 Å². The minimum atomic E-state index is -0.156. The highest BCUT2D eigenvalue weighted by atomic mass is 16.1. The Balaban J connectivity index is 2.13. The van der Waals surface area contributed by atoms with Gasteiger partial charge in [-0.2, -0.15) is 5.10 Å². The number of nitrogens with zero attached hydrogens (tertiary/aromatic N) is 2. The van der Waals surface area contributed by atoms with Crippen molar-refractivity contribution in [2.24, 2.45) is 0 Å². The summed E-state index contributed by atoms with van der Waals surface area (Å²) in [6.07, 6.45) is 6.60. The lowest BCUT2D eigenvalue weighted by atomic mass is 10.2. The molecule has 0 aromatic carbocycles. The van der Waals surface area contributed by atoms with E-state index in [1.54, 1.807) is 36.8 Å². The molecule has 0 saturated heterocycles. The molecule has 0 spiro atoms. The molecular weight excluding hydrogens is 216 g/mol. The minimum absolute atomic E-state index is 0.156. The molecule has 5 heteroatoms. The first-order chi connectivity index (χ1) is 8.31. The van der Waals surface area contributed by atoms with Crippen molar-refractivity contribution >= 4 is 5.91 Å². The van der Waals surface area contributed by atoms with Gasteiger partial charge in [0.15, 0.2) is 0 Å². The number of hydrogen-bond donors (Lipinski definition) is 2. The normalized spacial score (nSPS) is 9.88. The molecule has 0 aliphatic heterocycles. The largest absolute Gasteiger partial charge is 0.349 e. The number of H-pyrrole nitrogens is 1. The molecule has 2 aromatic heterocycles. The van der Waals surface area contributed by atoms with Crippen LogP contribution in [0.4, 0.5) is 0 Å². The number of amides is 1. The van der Waals surface area contributed by atoms with Gasteiger partial charge in [-0.1, -0.05) is 6.08 Å². The van der Waals surface area contributed by atoms with Crippen LogP contribution in [-0.4, -0.2) is 27.6 Å². The van der Waals surface area contributed by atoms with Gasteiger partial charge in [-0.15, -0.1) is 6.58 Å². The van der Waals surface area contributed by atoms with Crippen molar-refractivity contribution in [2.45, 2.75) is 0 Å². The van der Waals surface area contributed by atoms with Crippen LogP contribution < -0.4 is 5.32 Å². The van der Waals surface area contributed by atoms with Crippen LogP contribution in [0.2, 0.25) is 0 Å². The van der Waals surface area contributed by atoms with Crippen LogP contribution in [0.5, 0.6) is 0 Å². The van der Waals surface area contributed by atoms with E-state index < -0.39 is 0 Å². The first-order valence-electron chi connectivity index (χ1n) is 5.15. The topological polar surface area (TPSA) is 70.7 Å². The van der Waals surface area contributed by atoms with Crippen molar-refractivity contribution in [1.82, 2.24) is 20.5 Å². The Morgan fingerprint density at radius 3 is 2.94 bits per heavy atom. The van der Waals surface area contributed by atoms with Gasteiger partial charge in [-0.25, -0.2) is 0 Å². The van der Waals surface area contributed by atoms with Gasteiger partial charge in [0.25, 0.3) is 5.91 Å². The van der Waals surface area contributed by atoms with E-state index >= 15 is 0 Å². The Morgan fingerprint density at radius 2 is 2.35 bits per heavy atom. The standard InChI is InChI=1S/C12H12N4O/c1-2-5-13-12(17)9-3-4-11(14-6-9)10-7-15-16-8-10/h2-4,6-8H,1,5H2,(H,13,17)(H,15,16). The van der Waals surface area contributed by atoms with E-state index in [1.165, 1.54) is 0 Å². The lowest BCUT2D eigenvalue weighted by molar-refractivity contribution is 0.0957. The lowest BCUT2D eigenvalue weighted by Crippen LogP contribution is -2.23. The van der Waals surface area contributed by atoms with E-state index in [4.69, 9.17) is 0 Å². The zero-order valence-corrected chi connectivity index (χ0v) is 9.18. The predicted molar refractivity (Wildman–Crippen MR) is 64.3 cm³/mol. The SMILES string of the molecule is C=CCNC(=O)c1ccc(-c2cn[nH]c2)nc1. The third-order valence-electron chi connectivity index (χ3n) is 2.23. The third-order valence-corrected chi connectivity index (χ3v) is 2.23. The van der Waals surface area contributed by atoms with Crippen LogP contribution in [0.3, 0.4) is 0 Å². The molecule has 2 N–H and O–H groups in total. The van der Waals surface area contributed by atoms with Gasteiger partial charge in [0.05, 0.1) is 17.5 Å². The molecule has 1 amide bonds. The van der Waals surface area contributed by atoms with Crippen LogP contribution in [0.15, 0.2) is 43.4 Å². The van der Waals surface area contributed by atoms with E-state index in [0.29, 0.717) is 12.1 Å². The van der Waals surface area contributed by atoms with Crippen molar-refractivity contribution in [3.05, 3.63) is 48.9 Å². The molecule has 0 aliphatic rings. The number of pyridine rings is 1. The summed E-state index contributed by atoms with van der Waals surface area (Å²) >= 11 is 0. The van der Waals surface area contributed by atoms with Gasteiger partial charge in [0.1, 0.15) is 0 Å². The summed E-state index contributed by atoms with van der Waals surface area (Å²) in [6.45, 7) is 3.98. The van der Waals surface area contributed by atoms with E-state index in [9.17, 15) is 4.79 Å². The maximum atomic E-state index is 11.6. The van der Waals surface area contributed by atoms with E-state index in [0.717, 1.165) is 11.3 Å². The van der Waals surface area contributed by atoms with E-state index in [-0.39, 0.29) is 5.91 Å². The molecular formula is C12H12N4O. The highest BCUT2D eigenvalue weighted by Crippen LogP contribution is 2.14. The summed E-state index contributed by atoms with van der Waals surface area (Å²) in [5.41, 5.74) is 2.20. The average Bonchev–Trinajstić information content (AvgIpc) is 2.90. The molecule has 2 heterocycles. The van der Waals surface area contributed by atoms with Gasteiger partial charge in [-0.3, -0.25) is 14.9 Å². The number of rotatable bonds is 4. The molecule has 0 aliphatic carbocycles. The number of carbonyl (C=O) groups excluding carboxylic acids is 1. The number of nitrogens with one attached hydrogen (secondary N) is 2. The summed E-state index contributed by atoms with van der Waals surface area (Å²) in [7, 11) is 0. The van der Waals surface area contributed by atoms with Crippen molar-refractivity contribution in [1.29, 1.82) is 0 Å². The summed E-state index contributed by atoms with van der Waals surface area (Å²) in [5, 5.41) is 9.24. The summed E-state index contributed by atoms with van der Waals surface area (Å²) in [5.74, 6) is -0.156. The zero-order valence-electron chi connectivity index (χ0n) is 9.18. The monoisotopic (exact) mass is 228 g/mol. The first kappa shape index (κ1) is 11.1. The van der Waals surface area contributed by atoms with Crippen molar-refractivity contribution in [3.8, 4) is 11.3 Å². The van der Waals surface area contributed by atoms with Gasteiger partial charge in [-0.05, 0) is 12.1 Å². The Bertz CT molecular complexity index is 502. The second-order valence-electron chi connectivity index (χ2n) is 3.42. The van der Waals surface area contributed by atoms with Gasteiger partial charge < -0.3 is 5.32 Å². The highest BCUT2D eigenvalue weighted by molar-refractivity contribution is 5.94. The number of hydrogen-bond acceptors (Lipinski definition) is 3. The Hall–Kier alpha value is -2.43. The maximum Gasteiger partial charge on any atom is 0.253 e. The van der Waals surface area contributed by atoms with Gasteiger partial charge in [0, 0.05) is 24.5 Å². The van der Waals surface area contributed by atoms with Gasteiger partial charge in [0.2, 0.25) is 0 Å². The second-order valence-corrected chi connectivity index (χ2v) is 3.42. The second kappa shape index (κ2) is 5.07. The van der Waals surface area contributed by atoms with Crippen LogP contribution >= 0.6 is 0 Å². The summed E-state index contributed by atoms with van der Waals surface area (Å²) in [6, 6.07) is 3.52. The molecule has 0 fully saturated rings. The molecule has 17 heavy (non-hydrogen) atoms. The first-order valence-corrected chi connectivity index (χ1v) is 5.15. The molecule has 2 aromatic rings. The molecule has 0 bridgehead atoms. The molecule has 5 nitrogen and oxygen atoms in total. The fourth-order valence-electron chi connectivity index (χ4n) is 1.36. The van der Waals surface area contributed by atoms with Crippen molar-refractivity contribution in [2.75, 3.05) is 6.54 Å². The Kier molecular flexibility index (Phi) is 3.30. The fourth-order valence-corrected chi connectivity index (χ4v) is 1.36. The summed E-state index contributed by atoms with van der Waals surface area (Å²) in [4.78, 5) is 15.8. The molecule has 2 rings (SSSR count). The zero-order chi connectivity index (χ0) is 12.1. The van der Waals surface area contributed by atoms with Crippen LogP contribution in [0.25, 0.3) is 11.3 Å². The number of aromatic nitrogens is 3. The molecule has 0 saturated carbocycles. The predicted octanol–water partition coefficient (Wildman–Crippen LogP) is 1.39. The number of carbonyl (C=O) groups is 1. The number of aromatic amines is 1. The minimum Gasteiger partial charge on any atom is -0.349 e. The van der Waals surface area contributed by atoms with E-state index in [1.807, 2.05) is 0 Å². The lowest BCUT2D eigenvalue weighted by Gasteiger charge is -2.02. The quantitative estimate of drug-likeness (QED) is 0.777. The fraction of sp³-hybridized carbons (Fsp3) is 0.0833. The molecule has 0 unspecified atom stereocenters. The average molecular weight is 228 g/mol. The van der Waals surface area contributed by atoms with Crippen molar-refractivity contribution in [3.63, 3.8) is 0 Å². The molecule has 86 valence electrons. The maximum absolute atomic E-state index is 11.6. The Morgan fingerprint density at radius 1 is 1.47 bits per heavy atom. The summed E-state index contributed by atoms with van der Waals surface area (Å²) < 4.78 is 0. The van der Waals surface area contributed by atoms with E-state index in [2.05, 4.69) is 27.1 Å². The smallest absolute Gasteiger partial charge is 0.253 e. The molecule has 0 atom stereocenters. The third kappa shape index (κ3) is 2.57. The van der Waals surface area contributed by atoms with Gasteiger partial charge >= 0.3 is 0 Å². The molecule has 0 radical (unpaired) electrons.